The fourth-order valence-electron chi connectivity index (χ4n) is 3.01. The quantitative estimate of drug-likeness (QED) is 0.697. The van der Waals surface area contributed by atoms with E-state index in [1.54, 1.807) is 0 Å². The summed E-state index contributed by atoms with van der Waals surface area (Å²) in [5.74, 6) is 1.96. The van der Waals surface area contributed by atoms with Gasteiger partial charge in [-0.1, -0.05) is 13.3 Å². The third-order valence-electron chi connectivity index (χ3n) is 4.20. The number of rotatable bonds is 6. The molecule has 0 bridgehead atoms. The van der Waals surface area contributed by atoms with E-state index < -0.39 is 0 Å². The zero-order chi connectivity index (χ0) is 11.2. The van der Waals surface area contributed by atoms with Crippen molar-refractivity contribution in [3.05, 3.63) is 0 Å². The van der Waals surface area contributed by atoms with Crippen LogP contribution in [-0.4, -0.2) is 37.6 Å². The lowest BCUT2D eigenvalue weighted by Crippen LogP contribution is -2.42. The molecule has 2 rings (SSSR count). The van der Waals surface area contributed by atoms with Crippen molar-refractivity contribution in [3.8, 4) is 0 Å². The minimum Gasteiger partial charge on any atom is -0.316 e. The molecule has 0 radical (unpaired) electrons. The highest BCUT2D eigenvalue weighted by molar-refractivity contribution is 4.79. The van der Waals surface area contributed by atoms with Crippen LogP contribution in [0.5, 0.6) is 0 Å². The van der Waals surface area contributed by atoms with Crippen molar-refractivity contribution in [3.63, 3.8) is 0 Å². The number of nitrogens with one attached hydrogen (secondary N) is 1. The van der Waals surface area contributed by atoms with Crippen molar-refractivity contribution in [2.24, 2.45) is 11.8 Å². The molecule has 0 spiro atoms. The molecule has 1 aliphatic carbocycles. The summed E-state index contributed by atoms with van der Waals surface area (Å²) in [5.41, 5.74) is 0. The van der Waals surface area contributed by atoms with E-state index in [-0.39, 0.29) is 0 Å². The molecule has 1 saturated heterocycles. The number of hydrogen-bond acceptors (Lipinski definition) is 2. The standard InChI is InChI=1S/C14H28N2/c1-2-8-15-10-14-7-4-9-16(12-14)11-13-5-3-6-13/h13-15H,2-12H2,1H3. The molecule has 0 aromatic rings. The molecule has 1 atom stereocenters. The summed E-state index contributed by atoms with van der Waals surface area (Å²) >= 11 is 0. The van der Waals surface area contributed by atoms with Gasteiger partial charge in [0, 0.05) is 13.1 Å². The molecule has 0 aromatic heterocycles. The van der Waals surface area contributed by atoms with Crippen LogP contribution < -0.4 is 5.32 Å². The van der Waals surface area contributed by atoms with Gasteiger partial charge in [-0.3, -0.25) is 0 Å². The first-order valence-corrected chi connectivity index (χ1v) is 7.31. The maximum absolute atomic E-state index is 3.58. The summed E-state index contributed by atoms with van der Waals surface area (Å²) in [7, 11) is 0. The third-order valence-corrected chi connectivity index (χ3v) is 4.20. The van der Waals surface area contributed by atoms with Gasteiger partial charge in [0.05, 0.1) is 0 Å². The molecule has 1 N–H and O–H groups in total. The lowest BCUT2D eigenvalue weighted by atomic mass is 9.84. The SMILES string of the molecule is CCCNCC1CCCN(CC2CCC2)C1. The normalized spacial score (nSPS) is 27.9. The van der Waals surface area contributed by atoms with Crippen LogP contribution in [0.25, 0.3) is 0 Å². The van der Waals surface area contributed by atoms with E-state index in [1.165, 1.54) is 71.2 Å². The molecular formula is C14H28N2. The molecule has 94 valence electrons. The molecule has 0 amide bonds. The van der Waals surface area contributed by atoms with Crippen molar-refractivity contribution in [2.45, 2.75) is 45.4 Å². The highest BCUT2D eigenvalue weighted by Crippen LogP contribution is 2.28. The molecule has 2 nitrogen and oxygen atoms in total. The predicted octanol–water partition coefficient (Wildman–Crippen LogP) is 2.50. The van der Waals surface area contributed by atoms with Gasteiger partial charge in [0.1, 0.15) is 0 Å². The van der Waals surface area contributed by atoms with Crippen LogP contribution in [0.1, 0.15) is 45.4 Å². The topological polar surface area (TPSA) is 15.3 Å². The third kappa shape index (κ3) is 3.74. The largest absolute Gasteiger partial charge is 0.316 e. The first-order chi connectivity index (χ1) is 7.88. The zero-order valence-electron chi connectivity index (χ0n) is 10.9. The second kappa shape index (κ2) is 6.61. The van der Waals surface area contributed by atoms with E-state index >= 15 is 0 Å². The van der Waals surface area contributed by atoms with Gasteiger partial charge in [-0.2, -0.15) is 0 Å². The van der Waals surface area contributed by atoms with Crippen molar-refractivity contribution in [1.82, 2.24) is 10.2 Å². The van der Waals surface area contributed by atoms with Crippen molar-refractivity contribution >= 4 is 0 Å². The van der Waals surface area contributed by atoms with Crippen LogP contribution in [-0.2, 0) is 0 Å². The summed E-state index contributed by atoms with van der Waals surface area (Å²) in [5, 5.41) is 3.58. The maximum atomic E-state index is 3.58. The van der Waals surface area contributed by atoms with Crippen molar-refractivity contribution in [1.29, 1.82) is 0 Å². The Labute approximate surface area is 101 Å². The smallest absolute Gasteiger partial charge is 0.00219 e. The Hall–Kier alpha value is -0.0800. The first-order valence-electron chi connectivity index (χ1n) is 7.31. The number of nitrogens with zero attached hydrogens (tertiary/aromatic N) is 1. The Balaban J connectivity index is 1.62. The highest BCUT2D eigenvalue weighted by atomic mass is 15.1. The zero-order valence-corrected chi connectivity index (χ0v) is 10.9. The van der Waals surface area contributed by atoms with E-state index in [4.69, 9.17) is 0 Å². The molecule has 2 aliphatic rings. The van der Waals surface area contributed by atoms with Gasteiger partial charge in [-0.05, 0) is 63.6 Å². The second-order valence-corrected chi connectivity index (χ2v) is 5.77. The lowest BCUT2D eigenvalue weighted by Gasteiger charge is -2.37. The van der Waals surface area contributed by atoms with E-state index in [2.05, 4.69) is 17.1 Å². The Morgan fingerprint density at radius 2 is 1.94 bits per heavy atom. The molecule has 16 heavy (non-hydrogen) atoms. The van der Waals surface area contributed by atoms with Gasteiger partial charge in [0.2, 0.25) is 0 Å². The number of hydrogen-bond donors (Lipinski definition) is 1. The average Bonchev–Trinajstić information content (AvgIpc) is 2.25. The Kier molecular flexibility index (Phi) is 5.11. The minimum absolute atomic E-state index is 0.917. The van der Waals surface area contributed by atoms with Crippen LogP contribution in [0.2, 0.25) is 0 Å². The van der Waals surface area contributed by atoms with Gasteiger partial charge in [-0.25, -0.2) is 0 Å². The molecule has 1 unspecified atom stereocenters. The molecular weight excluding hydrogens is 196 g/mol. The first kappa shape index (κ1) is 12.4. The van der Waals surface area contributed by atoms with Crippen LogP contribution >= 0.6 is 0 Å². The monoisotopic (exact) mass is 224 g/mol. The van der Waals surface area contributed by atoms with Crippen molar-refractivity contribution in [2.75, 3.05) is 32.7 Å². The Morgan fingerprint density at radius 1 is 1.12 bits per heavy atom. The van der Waals surface area contributed by atoms with E-state index in [0.717, 1.165) is 11.8 Å². The van der Waals surface area contributed by atoms with Crippen LogP contribution in [0.3, 0.4) is 0 Å². The van der Waals surface area contributed by atoms with E-state index in [1.807, 2.05) is 0 Å². The summed E-state index contributed by atoms with van der Waals surface area (Å²) in [6, 6.07) is 0. The van der Waals surface area contributed by atoms with Crippen LogP contribution in [0.15, 0.2) is 0 Å². The molecule has 2 fully saturated rings. The van der Waals surface area contributed by atoms with E-state index in [0.29, 0.717) is 0 Å². The van der Waals surface area contributed by atoms with Gasteiger partial charge in [-0.15, -0.1) is 0 Å². The fraction of sp³-hybridized carbons (Fsp3) is 1.00. The van der Waals surface area contributed by atoms with Crippen LogP contribution in [0, 0.1) is 11.8 Å². The minimum atomic E-state index is 0.917. The Morgan fingerprint density at radius 3 is 2.62 bits per heavy atom. The molecule has 0 aromatic carbocycles. The highest BCUT2D eigenvalue weighted by Gasteiger charge is 2.24. The Bertz CT molecular complexity index is 189. The van der Waals surface area contributed by atoms with Gasteiger partial charge in [0.25, 0.3) is 0 Å². The summed E-state index contributed by atoms with van der Waals surface area (Å²) in [4.78, 5) is 2.73. The molecule has 1 heterocycles. The lowest BCUT2D eigenvalue weighted by molar-refractivity contribution is 0.123. The van der Waals surface area contributed by atoms with Crippen molar-refractivity contribution < 1.29 is 0 Å². The summed E-state index contributed by atoms with van der Waals surface area (Å²) in [6.45, 7) is 8.79. The fourth-order valence-corrected chi connectivity index (χ4v) is 3.01. The molecule has 1 saturated carbocycles. The van der Waals surface area contributed by atoms with Gasteiger partial charge in [0.15, 0.2) is 0 Å². The summed E-state index contributed by atoms with van der Waals surface area (Å²) in [6.07, 6.45) is 8.60. The average molecular weight is 224 g/mol. The molecule has 1 aliphatic heterocycles. The molecule has 2 heteroatoms. The summed E-state index contributed by atoms with van der Waals surface area (Å²) < 4.78 is 0. The number of likely N-dealkylation sites (tertiary alicyclic amines) is 1. The van der Waals surface area contributed by atoms with E-state index in [9.17, 15) is 0 Å². The van der Waals surface area contributed by atoms with Gasteiger partial charge < -0.3 is 10.2 Å². The number of piperidine rings is 1. The predicted molar refractivity (Wildman–Crippen MR) is 69.7 cm³/mol. The second-order valence-electron chi connectivity index (χ2n) is 5.77. The van der Waals surface area contributed by atoms with Crippen LogP contribution in [0.4, 0.5) is 0 Å². The maximum Gasteiger partial charge on any atom is 0.00219 e. The van der Waals surface area contributed by atoms with Gasteiger partial charge >= 0.3 is 0 Å².